The van der Waals surface area contributed by atoms with Crippen molar-refractivity contribution in [1.82, 2.24) is 10.2 Å². The molecule has 156 valence electrons. The average molecular weight is 446 g/mol. The van der Waals surface area contributed by atoms with Crippen LogP contribution in [0.25, 0.3) is 11.5 Å². The Morgan fingerprint density at radius 3 is 2.60 bits per heavy atom. The maximum atomic E-state index is 12.1. The van der Waals surface area contributed by atoms with E-state index in [0.29, 0.717) is 16.6 Å². The van der Waals surface area contributed by atoms with Gasteiger partial charge in [0.1, 0.15) is 5.75 Å². The molecular weight excluding hydrogens is 426 g/mol. The Kier molecular flexibility index (Phi) is 7.48. The molecule has 1 heterocycles. The summed E-state index contributed by atoms with van der Waals surface area (Å²) in [6.07, 6.45) is 0. The number of nitrogens with zero attached hydrogens (tertiary/aromatic N) is 2. The van der Waals surface area contributed by atoms with Crippen LogP contribution in [0.3, 0.4) is 0 Å². The molecule has 30 heavy (non-hydrogen) atoms. The van der Waals surface area contributed by atoms with Crippen LogP contribution in [0.2, 0.25) is 5.02 Å². The third kappa shape index (κ3) is 6.08. The van der Waals surface area contributed by atoms with Crippen LogP contribution in [0.1, 0.15) is 25.3 Å². The molecule has 3 rings (SSSR count). The van der Waals surface area contributed by atoms with E-state index in [2.05, 4.69) is 15.5 Å². The van der Waals surface area contributed by atoms with Crippen LogP contribution < -0.4 is 5.32 Å². The predicted octanol–water partition coefficient (Wildman–Crippen LogP) is 4.79. The number of anilines is 1. The van der Waals surface area contributed by atoms with Crippen LogP contribution in [0.4, 0.5) is 5.69 Å². The van der Waals surface area contributed by atoms with E-state index in [4.69, 9.17) is 20.8 Å². The number of rotatable bonds is 8. The highest BCUT2D eigenvalue weighted by Gasteiger charge is 2.14. The van der Waals surface area contributed by atoms with Crippen LogP contribution in [-0.2, 0) is 14.3 Å². The van der Waals surface area contributed by atoms with Crippen LogP contribution in [0.15, 0.2) is 58.2 Å². The molecule has 0 saturated heterocycles. The second-order valence-corrected chi connectivity index (χ2v) is 7.98. The van der Waals surface area contributed by atoms with E-state index in [-0.39, 0.29) is 23.5 Å². The molecule has 0 atom stereocenters. The van der Waals surface area contributed by atoms with E-state index in [1.165, 1.54) is 0 Å². The van der Waals surface area contributed by atoms with E-state index < -0.39 is 11.9 Å². The number of ether oxygens (including phenoxy) is 1. The molecule has 1 aromatic heterocycles. The predicted molar refractivity (Wildman–Crippen MR) is 116 cm³/mol. The minimum atomic E-state index is -0.557. The summed E-state index contributed by atoms with van der Waals surface area (Å²) in [5, 5.41) is 11.4. The molecule has 3 aromatic rings. The third-order valence-electron chi connectivity index (χ3n) is 4.03. The highest BCUT2D eigenvalue weighted by atomic mass is 35.5. The van der Waals surface area contributed by atoms with Crippen LogP contribution >= 0.6 is 23.4 Å². The van der Waals surface area contributed by atoms with Crippen molar-refractivity contribution in [2.45, 2.75) is 25.0 Å². The van der Waals surface area contributed by atoms with Gasteiger partial charge in [-0.1, -0.05) is 55.4 Å². The zero-order valence-corrected chi connectivity index (χ0v) is 18.0. The minimum absolute atomic E-state index is 0.0574. The zero-order valence-electron chi connectivity index (χ0n) is 16.4. The van der Waals surface area contributed by atoms with Gasteiger partial charge in [0.2, 0.25) is 5.89 Å². The fourth-order valence-electron chi connectivity index (χ4n) is 2.59. The lowest BCUT2D eigenvalue weighted by molar-refractivity contribution is -0.144. The first-order chi connectivity index (χ1) is 14.4. The molecule has 0 bridgehead atoms. The van der Waals surface area contributed by atoms with E-state index in [1.807, 2.05) is 38.1 Å². The lowest BCUT2D eigenvalue weighted by atomic mass is 10.0. The molecule has 0 spiro atoms. The summed E-state index contributed by atoms with van der Waals surface area (Å²) in [4.78, 5) is 24.0. The highest BCUT2D eigenvalue weighted by molar-refractivity contribution is 7.99. The van der Waals surface area contributed by atoms with E-state index in [9.17, 15) is 9.59 Å². The summed E-state index contributed by atoms with van der Waals surface area (Å²) in [6, 6.07) is 14.5. The first kappa shape index (κ1) is 21.9. The molecule has 0 aliphatic heterocycles. The Labute approximate surface area is 183 Å². The summed E-state index contributed by atoms with van der Waals surface area (Å²) in [5.41, 5.74) is 2.45. The van der Waals surface area contributed by atoms with E-state index in [1.54, 1.807) is 24.3 Å². The minimum Gasteiger partial charge on any atom is -0.455 e. The van der Waals surface area contributed by atoms with Gasteiger partial charge < -0.3 is 14.5 Å². The van der Waals surface area contributed by atoms with E-state index in [0.717, 1.165) is 22.9 Å². The first-order valence-electron chi connectivity index (χ1n) is 9.19. The number of aromatic nitrogens is 2. The molecule has 1 amide bonds. The van der Waals surface area contributed by atoms with Gasteiger partial charge in [0.05, 0.1) is 0 Å². The molecular formula is C21H20ClN3O4S. The van der Waals surface area contributed by atoms with Crippen molar-refractivity contribution < 1.29 is 18.7 Å². The Hall–Kier alpha value is -2.84. The number of benzene rings is 2. The second-order valence-electron chi connectivity index (χ2n) is 6.62. The molecule has 0 radical (unpaired) electrons. The fraction of sp³-hybridized carbons (Fsp3) is 0.238. The Morgan fingerprint density at radius 2 is 1.87 bits per heavy atom. The maximum absolute atomic E-state index is 12.1. The molecule has 2 aromatic carbocycles. The standard InChI is InChI=1S/C21H20ClN3O4S/c1-13(2)16-5-3-4-6-17(16)23-18(26)11-28-19(27)12-30-21-25-24-20(29-21)14-7-9-15(22)10-8-14/h3-10,13H,11-12H2,1-2H3,(H,23,26). The van der Waals surface area contributed by atoms with Crippen LogP contribution in [0.5, 0.6) is 0 Å². The molecule has 1 N–H and O–H groups in total. The first-order valence-corrected chi connectivity index (χ1v) is 10.6. The molecule has 9 heteroatoms. The molecule has 7 nitrogen and oxygen atoms in total. The summed E-state index contributed by atoms with van der Waals surface area (Å²) >= 11 is 6.89. The van der Waals surface area contributed by atoms with Crippen molar-refractivity contribution >= 4 is 40.9 Å². The average Bonchev–Trinajstić information content (AvgIpc) is 3.20. The number of thioether (sulfide) groups is 1. The smallest absolute Gasteiger partial charge is 0.316 e. The summed E-state index contributed by atoms with van der Waals surface area (Å²) in [5.74, 6) is -0.431. The molecule has 0 saturated carbocycles. The van der Waals surface area contributed by atoms with E-state index >= 15 is 0 Å². The number of para-hydroxylation sites is 1. The fourth-order valence-corrected chi connectivity index (χ4v) is 3.27. The van der Waals surface area contributed by atoms with Crippen molar-refractivity contribution in [3.63, 3.8) is 0 Å². The Morgan fingerprint density at radius 1 is 1.13 bits per heavy atom. The topological polar surface area (TPSA) is 94.3 Å². The van der Waals surface area contributed by atoms with Gasteiger partial charge in [0.25, 0.3) is 11.1 Å². The van der Waals surface area contributed by atoms with Gasteiger partial charge in [0, 0.05) is 16.3 Å². The van der Waals surface area contributed by atoms with Gasteiger partial charge in [-0.3, -0.25) is 9.59 Å². The summed E-state index contributed by atoms with van der Waals surface area (Å²) in [6.45, 7) is 3.71. The van der Waals surface area contributed by atoms with Gasteiger partial charge in [-0.15, -0.1) is 10.2 Å². The van der Waals surface area contributed by atoms with Gasteiger partial charge >= 0.3 is 5.97 Å². The Bertz CT molecular complexity index is 1020. The normalized spacial score (nSPS) is 10.8. The maximum Gasteiger partial charge on any atom is 0.316 e. The van der Waals surface area contributed by atoms with Gasteiger partial charge in [-0.25, -0.2) is 0 Å². The molecule has 0 aliphatic rings. The largest absolute Gasteiger partial charge is 0.455 e. The number of nitrogens with one attached hydrogen (secondary N) is 1. The molecule has 0 aliphatic carbocycles. The SMILES string of the molecule is CC(C)c1ccccc1NC(=O)COC(=O)CSc1nnc(-c2ccc(Cl)cc2)o1. The van der Waals surface area contributed by atoms with Crippen LogP contribution in [0, 0.1) is 0 Å². The zero-order chi connectivity index (χ0) is 21.5. The van der Waals surface area contributed by atoms with Gasteiger partial charge in [-0.05, 0) is 41.8 Å². The number of carbonyl (C=O) groups is 2. The summed E-state index contributed by atoms with van der Waals surface area (Å²) in [7, 11) is 0. The lowest BCUT2D eigenvalue weighted by Gasteiger charge is -2.13. The van der Waals surface area contributed by atoms with Crippen molar-refractivity contribution in [2.24, 2.45) is 0 Å². The third-order valence-corrected chi connectivity index (χ3v) is 5.08. The number of halogens is 1. The quantitative estimate of drug-likeness (QED) is 0.393. The number of carbonyl (C=O) groups excluding carboxylic acids is 2. The lowest BCUT2D eigenvalue weighted by Crippen LogP contribution is -2.22. The summed E-state index contributed by atoms with van der Waals surface area (Å²) < 4.78 is 10.5. The van der Waals surface area contributed by atoms with Crippen molar-refractivity contribution in [3.05, 3.63) is 59.1 Å². The van der Waals surface area contributed by atoms with Gasteiger partial charge in [0.15, 0.2) is 6.61 Å². The van der Waals surface area contributed by atoms with Crippen molar-refractivity contribution in [1.29, 1.82) is 0 Å². The van der Waals surface area contributed by atoms with Crippen molar-refractivity contribution in [2.75, 3.05) is 17.7 Å². The monoisotopic (exact) mass is 445 g/mol. The van der Waals surface area contributed by atoms with Gasteiger partial charge in [-0.2, -0.15) is 0 Å². The highest BCUT2D eigenvalue weighted by Crippen LogP contribution is 2.25. The van der Waals surface area contributed by atoms with Crippen LogP contribution in [-0.4, -0.2) is 34.4 Å². The number of hydrogen-bond acceptors (Lipinski definition) is 7. The molecule has 0 unspecified atom stereocenters. The second kappa shape index (κ2) is 10.3. The molecule has 0 fully saturated rings. The Balaban J connectivity index is 1.45. The number of hydrogen-bond donors (Lipinski definition) is 1. The van der Waals surface area contributed by atoms with Crippen molar-refractivity contribution in [3.8, 4) is 11.5 Å². The number of amides is 1. The number of esters is 1.